The zero-order chi connectivity index (χ0) is 23.3. The molecule has 2 heterocycles. The van der Waals surface area contributed by atoms with Gasteiger partial charge in [0.25, 0.3) is 5.91 Å². The lowest BCUT2D eigenvalue weighted by molar-refractivity contribution is -0.117. The molecule has 10 heteroatoms. The Morgan fingerprint density at radius 3 is 2.61 bits per heavy atom. The van der Waals surface area contributed by atoms with Crippen LogP contribution in [0.4, 0.5) is 0 Å². The molecule has 33 heavy (non-hydrogen) atoms. The van der Waals surface area contributed by atoms with Gasteiger partial charge in [-0.3, -0.25) is 4.79 Å². The molecule has 0 aliphatic carbocycles. The molecule has 1 aliphatic heterocycles. The van der Waals surface area contributed by atoms with E-state index >= 15 is 0 Å². The smallest absolute Gasteiger partial charge is 0.252 e. The summed E-state index contributed by atoms with van der Waals surface area (Å²) in [4.78, 5) is 17.6. The van der Waals surface area contributed by atoms with Gasteiger partial charge in [0.2, 0.25) is 10.0 Å². The van der Waals surface area contributed by atoms with Gasteiger partial charge in [-0.15, -0.1) is 11.3 Å². The van der Waals surface area contributed by atoms with E-state index in [1.54, 1.807) is 12.1 Å². The van der Waals surface area contributed by atoms with E-state index in [1.807, 2.05) is 46.5 Å². The van der Waals surface area contributed by atoms with Gasteiger partial charge in [-0.1, -0.05) is 36.4 Å². The van der Waals surface area contributed by atoms with Crippen LogP contribution < -0.4 is 9.54 Å². The quantitative estimate of drug-likeness (QED) is 0.510. The molecule has 4 rings (SSSR count). The number of carbonyl (C=O) groups is 1. The highest BCUT2D eigenvalue weighted by Gasteiger charge is 2.29. The van der Waals surface area contributed by atoms with E-state index < -0.39 is 10.0 Å². The monoisotopic (exact) mass is 487 g/mol. The van der Waals surface area contributed by atoms with Crippen LogP contribution in [0.3, 0.4) is 0 Å². The standard InChI is InChI=1S/C23H25N3O5S2/c1-30-20-8-7-19(15-21(20)33(28,29)26-9-12-31-13-10-26)16-22(27)24-23-25(11-14-32-23)17-18-5-3-2-4-6-18/h2-8,11,14-15H,9-10,12-13,16-17H2,1H3. The number of amides is 1. The summed E-state index contributed by atoms with van der Waals surface area (Å²) in [5.74, 6) is -0.104. The van der Waals surface area contributed by atoms with E-state index in [1.165, 1.54) is 28.8 Å². The molecule has 0 radical (unpaired) electrons. The predicted molar refractivity (Wildman–Crippen MR) is 125 cm³/mol. The van der Waals surface area contributed by atoms with Crippen LogP contribution in [0.1, 0.15) is 11.1 Å². The molecule has 0 saturated carbocycles. The van der Waals surface area contributed by atoms with Gasteiger partial charge in [0.1, 0.15) is 10.6 Å². The third-order valence-corrected chi connectivity index (χ3v) is 7.96. The van der Waals surface area contributed by atoms with Crippen LogP contribution in [0, 0.1) is 0 Å². The average molecular weight is 488 g/mol. The maximum Gasteiger partial charge on any atom is 0.252 e. The number of thiazole rings is 1. The van der Waals surface area contributed by atoms with Crippen LogP contribution in [0.2, 0.25) is 0 Å². The van der Waals surface area contributed by atoms with E-state index in [0.717, 1.165) is 5.56 Å². The summed E-state index contributed by atoms with van der Waals surface area (Å²) in [7, 11) is -2.34. The minimum Gasteiger partial charge on any atom is -0.495 e. The van der Waals surface area contributed by atoms with E-state index in [-0.39, 0.29) is 36.1 Å². The minimum atomic E-state index is -3.77. The topological polar surface area (TPSA) is 90.2 Å². The molecular formula is C23H25N3O5S2. The Labute approximate surface area is 196 Å². The molecule has 1 aliphatic rings. The van der Waals surface area contributed by atoms with Crippen molar-refractivity contribution in [1.29, 1.82) is 0 Å². The van der Waals surface area contributed by atoms with Crippen molar-refractivity contribution in [3.8, 4) is 5.75 Å². The van der Waals surface area contributed by atoms with Crippen LogP contribution in [0.15, 0.2) is 70.0 Å². The number of rotatable bonds is 7. The van der Waals surface area contributed by atoms with Crippen molar-refractivity contribution < 1.29 is 22.7 Å². The lowest BCUT2D eigenvalue weighted by Gasteiger charge is -2.26. The van der Waals surface area contributed by atoms with Crippen molar-refractivity contribution in [1.82, 2.24) is 8.87 Å². The van der Waals surface area contributed by atoms with Crippen molar-refractivity contribution in [3.05, 3.63) is 76.0 Å². The zero-order valence-electron chi connectivity index (χ0n) is 18.2. The Balaban J connectivity index is 1.56. The molecule has 1 fully saturated rings. The molecule has 0 N–H and O–H groups in total. The summed E-state index contributed by atoms with van der Waals surface area (Å²) in [6, 6.07) is 14.7. The summed E-state index contributed by atoms with van der Waals surface area (Å²) in [5, 5.41) is 1.88. The lowest BCUT2D eigenvalue weighted by atomic mass is 10.1. The van der Waals surface area contributed by atoms with Gasteiger partial charge in [-0.2, -0.15) is 9.30 Å². The van der Waals surface area contributed by atoms with Gasteiger partial charge in [0.15, 0.2) is 4.80 Å². The number of sulfonamides is 1. The maximum atomic E-state index is 13.2. The Bertz CT molecular complexity index is 1280. The number of benzene rings is 2. The Hall–Kier alpha value is -2.79. The van der Waals surface area contributed by atoms with Gasteiger partial charge >= 0.3 is 0 Å². The van der Waals surface area contributed by atoms with Crippen molar-refractivity contribution in [3.63, 3.8) is 0 Å². The minimum absolute atomic E-state index is 0.0150. The first kappa shape index (κ1) is 23.4. The summed E-state index contributed by atoms with van der Waals surface area (Å²) in [5.41, 5.74) is 1.67. The van der Waals surface area contributed by atoms with Crippen molar-refractivity contribution in [2.45, 2.75) is 17.9 Å². The molecule has 8 nitrogen and oxygen atoms in total. The molecule has 3 aromatic rings. The fourth-order valence-corrected chi connectivity index (χ4v) is 5.93. The highest BCUT2D eigenvalue weighted by molar-refractivity contribution is 7.89. The Morgan fingerprint density at radius 1 is 1.12 bits per heavy atom. The van der Waals surface area contributed by atoms with Crippen molar-refractivity contribution >= 4 is 27.3 Å². The average Bonchev–Trinajstić information content (AvgIpc) is 3.26. The van der Waals surface area contributed by atoms with E-state index in [0.29, 0.717) is 30.1 Å². The summed E-state index contributed by atoms with van der Waals surface area (Å²) in [6.45, 7) is 1.87. The normalized spacial score (nSPS) is 15.5. The lowest BCUT2D eigenvalue weighted by Crippen LogP contribution is -2.40. The number of hydrogen-bond donors (Lipinski definition) is 0. The molecular weight excluding hydrogens is 462 g/mol. The summed E-state index contributed by atoms with van der Waals surface area (Å²) < 4.78 is 40.2. The molecule has 0 atom stereocenters. The molecule has 174 valence electrons. The first-order valence-electron chi connectivity index (χ1n) is 10.5. The van der Waals surface area contributed by atoms with Crippen molar-refractivity contribution in [2.75, 3.05) is 33.4 Å². The summed E-state index contributed by atoms with van der Waals surface area (Å²) in [6.07, 6.45) is 1.88. The van der Waals surface area contributed by atoms with Crippen LogP contribution in [-0.4, -0.2) is 56.6 Å². The summed E-state index contributed by atoms with van der Waals surface area (Å²) >= 11 is 1.38. The molecule has 1 aromatic heterocycles. The molecule has 1 amide bonds. The van der Waals surface area contributed by atoms with E-state index in [2.05, 4.69) is 4.99 Å². The second-order valence-corrected chi connectivity index (χ2v) is 10.3. The fraction of sp³-hybridized carbons (Fsp3) is 0.304. The van der Waals surface area contributed by atoms with Gasteiger partial charge < -0.3 is 14.0 Å². The molecule has 1 saturated heterocycles. The van der Waals surface area contributed by atoms with Gasteiger partial charge in [0, 0.05) is 31.2 Å². The first-order chi connectivity index (χ1) is 16.0. The molecule has 0 spiro atoms. The number of nitrogens with zero attached hydrogens (tertiary/aromatic N) is 3. The molecule has 0 unspecified atom stereocenters. The fourth-order valence-electron chi connectivity index (χ4n) is 3.57. The number of hydrogen-bond acceptors (Lipinski definition) is 6. The Kier molecular flexibility index (Phi) is 7.39. The van der Waals surface area contributed by atoms with Gasteiger partial charge in [-0.25, -0.2) is 8.42 Å². The third-order valence-electron chi connectivity index (χ3n) is 5.25. The highest BCUT2D eigenvalue weighted by atomic mass is 32.2. The number of carbonyl (C=O) groups excluding carboxylic acids is 1. The maximum absolute atomic E-state index is 13.2. The molecule has 0 bridgehead atoms. The van der Waals surface area contributed by atoms with Crippen LogP contribution in [0.25, 0.3) is 0 Å². The van der Waals surface area contributed by atoms with Crippen molar-refractivity contribution in [2.24, 2.45) is 4.99 Å². The number of ether oxygens (including phenoxy) is 2. The number of morpholine rings is 1. The number of aromatic nitrogens is 1. The van der Waals surface area contributed by atoms with Crippen LogP contribution in [-0.2, 0) is 32.5 Å². The van der Waals surface area contributed by atoms with E-state index in [9.17, 15) is 13.2 Å². The van der Waals surface area contributed by atoms with Crippen LogP contribution >= 0.6 is 11.3 Å². The Morgan fingerprint density at radius 2 is 1.88 bits per heavy atom. The second kappa shape index (κ2) is 10.4. The SMILES string of the molecule is COc1ccc(CC(=O)N=c2sccn2Cc2ccccc2)cc1S(=O)(=O)N1CCOCC1. The van der Waals surface area contributed by atoms with Crippen LogP contribution in [0.5, 0.6) is 5.75 Å². The van der Waals surface area contributed by atoms with Gasteiger partial charge in [0.05, 0.1) is 26.7 Å². The largest absolute Gasteiger partial charge is 0.495 e. The molecule has 2 aromatic carbocycles. The van der Waals surface area contributed by atoms with E-state index in [4.69, 9.17) is 9.47 Å². The third kappa shape index (κ3) is 5.59. The van der Waals surface area contributed by atoms with Gasteiger partial charge in [-0.05, 0) is 23.3 Å². The predicted octanol–water partition coefficient (Wildman–Crippen LogP) is 2.30. The first-order valence-corrected chi connectivity index (χ1v) is 12.8. The number of methoxy groups -OCH3 is 1. The zero-order valence-corrected chi connectivity index (χ0v) is 19.8. The highest BCUT2D eigenvalue weighted by Crippen LogP contribution is 2.28. The second-order valence-electron chi connectivity index (χ2n) is 7.48.